The van der Waals surface area contributed by atoms with Crippen molar-refractivity contribution in [3.8, 4) is 0 Å². The standard InChI is InChI=1S/C16H21BrN4/c1-16(2)10-21(7-6-20(16)3)15-12-8-11(17)4-5-14(12)19-9-13(15)18/h4-5,8-9H,6-7,10,18H2,1-3H3. The molecule has 112 valence electrons. The van der Waals surface area contributed by atoms with Crippen LogP contribution in [0.3, 0.4) is 0 Å². The highest BCUT2D eigenvalue weighted by molar-refractivity contribution is 9.10. The number of hydrogen-bond acceptors (Lipinski definition) is 4. The molecule has 1 aliphatic rings. The molecule has 1 aromatic heterocycles. The number of nitrogen functional groups attached to an aromatic ring is 1. The van der Waals surface area contributed by atoms with E-state index in [1.165, 1.54) is 0 Å². The minimum absolute atomic E-state index is 0.131. The van der Waals surface area contributed by atoms with E-state index in [4.69, 9.17) is 5.73 Å². The van der Waals surface area contributed by atoms with Crippen molar-refractivity contribution in [3.05, 3.63) is 28.9 Å². The Morgan fingerprint density at radius 2 is 2.05 bits per heavy atom. The highest BCUT2D eigenvalue weighted by Crippen LogP contribution is 2.35. The zero-order chi connectivity index (χ0) is 15.2. The predicted molar refractivity (Wildman–Crippen MR) is 92.8 cm³/mol. The Morgan fingerprint density at radius 1 is 1.29 bits per heavy atom. The van der Waals surface area contributed by atoms with Crippen molar-refractivity contribution >= 4 is 38.2 Å². The molecular weight excluding hydrogens is 328 g/mol. The van der Waals surface area contributed by atoms with E-state index < -0.39 is 0 Å². The Hall–Kier alpha value is -1.33. The molecule has 0 bridgehead atoms. The van der Waals surface area contributed by atoms with Gasteiger partial charge in [-0.25, -0.2) is 0 Å². The number of anilines is 2. The second kappa shape index (κ2) is 5.14. The van der Waals surface area contributed by atoms with Gasteiger partial charge in [0.25, 0.3) is 0 Å². The lowest BCUT2D eigenvalue weighted by Gasteiger charge is -2.46. The van der Waals surface area contributed by atoms with Crippen LogP contribution in [0.4, 0.5) is 11.4 Å². The SMILES string of the molecule is CN1CCN(c2c(N)cnc3ccc(Br)cc23)CC1(C)C. The van der Waals surface area contributed by atoms with Crippen LogP contribution in [0, 0.1) is 0 Å². The van der Waals surface area contributed by atoms with Crippen LogP contribution in [0.5, 0.6) is 0 Å². The molecule has 1 aliphatic heterocycles. The van der Waals surface area contributed by atoms with Gasteiger partial charge in [0.1, 0.15) is 0 Å². The average molecular weight is 349 g/mol. The third kappa shape index (κ3) is 2.60. The van der Waals surface area contributed by atoms with Crippen LogP contribution in [0.25, 0.3) is 10.9 Å². The summed E-state index contributed by atoms with van der Waals surface area (Å²) in [7, 11) is 2.18. The molecule has 0 atom stereocenters. The summed E-state index contributed by atoms with van der Waals surface area (Å²) in [5.74, 6) is 0. The maximum atomic E-state index is 6.26. The van der Waals surface area contributed by atoms with Gasteiger partial charge in [-0.15, -0.1) is 0 Å². The summed E-state index contributed by atoms with van der Waals surface area (Å²) in [6, 6.07) is 6.16. The van der Waals surface area contributed by atoms with Gasteiger partial charge in [0.05, 0.1) is 23.1 Å². The quantitative estimate of drug-likeness (QED) is 0.859. The molecule has 4 nitrogen and oxygen atoms in total. The molecule has 1 saturated heterocycles. The number of likely N-dealkylation sites (N-methyl/N-ethyl adjacent to an activating group) is 1. The summed E-state index contributed by atoms with van der Waals surface area (Å²) in [5, 5.41) is 1.12. The van der Waals surface area contributed by atoms with Gasteiger partial charge in [-0.2, -0.15) is 0 Å². The Balaban J connectivity index is 2.11. The number of nitrogens with two attached hydrogens (primary N) is 1. The second-order valence-electron chi connectivity index (χ2n) is 6.38. The fourth-order valence-electron chi connectivity index (χ4n) is 2.95. The summed E-state index contributed by atoms with van der Waals surface area (Å²) in [6.45, 7) is 7.52. The van der Waals surface area contributed by atoms with Crippen molar-refractivity contribution in [2.24, 2.45) is 0 Å². The van der Waals surface area contributed by atoms with E-state index in [1.807, 2.05) is 12.1 Å². The van der Waals surface area contributed by atoms with Crippen molar-refractivity contribution in [2.75, 3.05) is 37.3 Å². The topological polar surface area (TPSA) is 45.4 Å². The molecule has 1 fully saturated rings. The summed E-state index contributed by atoms with van der Waals surface area (Å²) in [4.78, 5) is 9.24. The molecule has 0 radical (unpaired) electrons. The first-order chi connectivity index (χ1) is 9.88. The highest BCUT2D eigenvalue weighted by atomic mass is 79.9. The van der Waals surface area contributed by atoms with Crippen molar-refractivity contribution in [2.45, 2.75) is 19.4 Å². The smallest absolute Gasteiger partial charge is 0.0745 e. The summed E-state index contributed by atoms with van der Waals surface area (Å²) >= 11 is 3.55. The molecule has 3 rings (SSSR count). The summed E-state index contributed by atoms with van der Waals surface area (Å²) < 4.78 is 1.05. The first kappa shape index (κ1) is 14.6. The number of halogens is 1. The van der Waals surface area contributed by atoms with Crippen LogP contribution < -0.4 is 10.6 Å². The normalized spacial score (nSPS) is 19.1. The van der Waals surface area contributed by atoms with E-state index in [0.29, 0.717) is 0 Å². The van der Waals surface area contributed by atoms with Crippen molar-refractivity contribution < 1.29 is 0 Å². The molecule has 0 aliphatic carbocycles. The number of benzene rings is 1. The van der Waals surface area contributed by atoms with E-state index in [1.54, 1.807) is 6.20 Å². The molecule has 0 unspecified atom stereocenters. The number of aromatic nitrogens is 1. The molecule has 0 spiro atoms. The summed E-state index contributed by atoms with van der Waals surface area (Å²) in [6.07, 6.45) is 1.77. The van der Waals surface area contributed by atoms with Gasteiger partial charge < -0.3 is 10.6 Å². The maximum Gasteiger partial charge on any atom is 0.0745 e. The fraction of sp³-hybridized carbons (Fsp3) is 0.438. The van der Waals surface area contributed by atoms with Gasteiger partial charge in [0.15, 0.2) is 0 Å². The van der Waals surface area contributed by atoms with Gasteiger partial charge in [0, 0.05) is 35.0 Å². The van der Waals surface area contributed by atoms with Crippen LogP contribution in [-0.2, 0) is 0 Å². The largest absolute Gasteiger partial charge is 0.396 e. The van der Waals surface area contributed by atoms with Gasteiger partial charge >= 0.3 is 0 Å². The molecular formula is C16H21BrN4. The van der Waals surface area contributed by atoms with Crippen LogP contribution in [0.15, 0.2) is 28.9 Å². The Labute approximate surface area is 134 Å². The lowest BCUT2D eigenvalue weighted by molar-refractivity contribution is 0.139. The van der Waals surface area contributed by atoms with Gasteiger partial charge in [0.2, 0.25) is 0 Å². The van der Waals surface area contributed by atoms with E-state index in [-0.39, 0.29) is 5.54 Å². The Bertz CT molecular complexity index is 678. The number of pyridine rings is 1. The molecule has 2 aromatic rings. The van der Waals surface area contributed by atoms with E-state index >= 15 is 0 Å². The van der Waals surface area contributed by atoms with Gasteiger partial charge in [-0.05, 0) is 39.1 Å². The van der Waals surface area contributed by atoms with Crippen LogP contribution in [0.2, 0.25) is 0 Å². The molecule has 0 saturated carbocycles. The highest BCUT2D eigenvalue weighted by Gasteiger charge is 2.32. The molecule has 2 heterocycles. The Morgan fingerprint density at radius 3 is 2.76 bits per heavy atom. The van der Waals surface area contributed by atoms with Gasteiger partial charge in [-0.3, -0.25) is 9.88 Å². The monoisotopic (exact) mass is 348 g/mol. The van der Waals surface area contributed by atoms with E-state index in [2.05, 4.69) is 57.7 Å². The predicted octanol–water partition coefficient (Wildman–Crippen LogP) is 3.11. The van der Waals surface area contributed by atoms with E-state index in [9.17, 15) is 0 Å². The molecule has 1 aromatic carbocycles. The Kier molecular flexibility index (Phi) is 3.58. The van der Waals surface area contributed by atoms with Crippen LogP contribution in [-0.4, -0.2) is 42.1 Å². The first-order valence-electron chi connectivity index (χ1n) is 7.18. The summed E-state index contributed by atoms with van der Waals surface area (Å²) in [5.41, 5.74) is 9.24. The minimum atomic E-state index is 0.131. The van der Waals surface area contributed by atoms with Crippen molar-refractivity contribution in [1.82, 2.24) is 9.88 Å². The van der Waals surface area contributed by atoms with Gasteiger partial charge in [-0.1, -0.05) is 15.9 Å². The molecule has 0 amide bonds. The second-order valence-corrected chi connectivity index (χ2v) is 7.29. The average Bonchev–Trinajstić information content (AvgIpc) is 2.42. The lowest BCUT2D eigenvalue weighted by atomic mass is 9.98. The molecule has 2 N–H and O–H groups in total. The minimum Gasteiger partial charge on any atom is -0.396 e. The fourth-order valence-corrected chi connectivity index (χ4v) is 3.31. The number of fused-ring (bicyclic) bond motifs is 1. The molecule has 5 heteroatoms. The zero-order valence-electron chi connectivity index (χ0n) is 12.7. The number of nitrogens with zero attached hydrogens (tertiary/aromatic N) is 3. The third-order valence-electron chi connectivity index (χ3n) is 4.46. The zero-order valence-corrected chi connectivity index (χ0v) is 14.3. The van der Waals surface area contributed by atoms with Crippen LogP contribution >= 0.6 is 15.9 Å². The lowest BCUT2D eigenvalue weighted by Crippen LogP contribution is -2.57. The molecule has 21 heavy (non-hydrogen) atoms. The maximum absolute atomic E-state index is 6.26. The number of hydrogen-bond donors (Lipinski definition) is 1. The third-order valence-corrected chi connectivity index (χ3v) is 4.96. The number of piperazine rings is 1. The van der Waals surface area contributed by atoms with Crippen molar-refractivity contribution in [1.29, 1.82) is 0 Å². The van der Waals surface area contributed by atoms with Crippen molar-refractivity contribution in [3.63, 3.8) is 0 Å². The first-order valence-corrected chi connectivity index (χ1v) is 7.98. The van der Waals surface area contributed by atoms with Crippen LogP contribution in [0.1, 0.15) is 13.8 Å². The number of rotatable bonds is 1. The van der Waals surface area contributed by atoms with E-state index in [0.717, 1.165) is 46.4 Å².